The molecule has 0 aromatic heterocycles. The van der Waals surface area contributed by atoms with E-state index >= 15 is 0 Å². The summed E-state index contributed by atoms with van der Waals surface area (Å²) in [5.41, 5.74) is -1.43. The van der Waals surface area contributed by atoms with E-state index in [1.54, 1.807) is 12.1 Å². The van der Waals surface area contributed by atoms with Gasteiger partial charge in [0.25, 0.3) is 11.4 Å². The van der Waals surface area contributed by atoms with Crippen molar-refractivity contribution >= 4 is 34.6 Å². The molecule has 2 aromatic rings. The van der Waals surface area contributed by atoms with E-state index in [1.807, 2.05) is 30.3 Å². The van der Waals surface area contributed by atoms with Gasteiger partial charge in [0.1, 0.15) is 11.9 Å². The van der Waals surface area contributed by atoms with Gasteiger partial charge in [-0.05, 0) is 36.4 Å². The van der Waals surface area contributed by atoms with Crippen LogP contribution in [-0.4, -0.2) is 10.2 Å². The lowest BCUT2D eigenvalue weighted by molar-refractivity contribution is -0.384. The van der Waals surface area contributed by atoms with Crippen LogP contribution in [0.25, 0.3) is 0 Å². The molecule has 1 heterocycles. The molecule has 0 amide bonds. The lowest BCUT2D eigenvalue weighted by Crippen LogP contribution is -2.06. The SMILES string of the molecule is C[C@H]1SP(=S)(Oc2ccc([N+](=O)[O-])cc2)O[C@H]1c1ccccc1. The number of benzene rings is 2. The molecule has 1 saturated heterocycles. The molecule has 3 rings (SSSR count). The summed E-state index contributed by atoms with van der Waals surface area (Å²) in [5, 5.41) is 10.9. The predicted octanol–water partition coefficient (Wildman–Crippen LogP) is 5.09. The van der Waals surface area contributed by atoms with Crippen molar-refractivity contribution in [3.63, 3.8) is 0 Å². The van der Waals surface area contributed by atoms with E-state index in [9.17, 15) is 10.1 Å². The second kappa shape index (κ2) is 6.61. The van der Waals surface area contributed by atoms with Gasteiger partial charge in [0.15, 0.2) is 0 Å². The van der Waals surface area contributed by atoms with Gasteiger partial charge in [-0.2, -0.15) is 0 Å². The number of hydrogen-bond donors (Lipinski definition) is 0. The van der Waals surface area contributed by atoms with E-state index in [0.29, 0.717) is 5.75 Å². The highest BCUT2D eigenvalue weighted by Gasteiger charge is 2.41. The third-order valence-electron chi connectivity index (χ3n) is 3.36. The summed E-state index contributed by atoms with van der Waals surface area (Å²) >= 11 is 7.11. The Hall–Kier alpha value is -1.40. The highest BCUT2D eigenvalue weighted by atomic mass is 32.9. The maximum absolute atomic E-state index is 10.7. The smallest absolute Gasteiger partial charge is 0.298 e. The highest BCUT2D eigenvalue weighted by Crippen LogP contribution is 2.71. The van der Waals surface area contributed by atoms with Gasteiger partial charge < -0.3 is 9.05 Å². The average molecular weight is 367 g/mol. The van der Waals surface area contributed by atoms with Crippen molar-refractivity contribution in [3.05, 3.63) is 70.3 Å². The molecule has 0 aliphatic carbocycles. The Morgan fingerprint density at radius 2 is 1.87 bits per heavy atom. The first-order valence-electron chi connectivity index (χ1n) is 6.93. The van der Waals surface area contributed by atoms with Crippen LogP contribution in [0.15, 0.2) is 54.6 Å². The standard InChI is InChI=1S/C15H14NO4PS2/c1-11-15(12-5-3-2-4-6-12)20-21(22,23-11)19-14-9-7-13(8-10-14)16(17)18/h2-11,15H,1H3/t11-,15-,21?/m1/s1. The summed E-state index contributed by atoms with van der Waals surface area (Å²) in [6, 6.07) is 15.8. The Bertz CT molecular complexity index is 754. The summed E-state index contributed by atoms with van der Waals surface area (Å²) in [5.74, 6) is 0.493. The monoisotopic (exact) mass is 367 g/mol. The lowest BCUT2D eigenvalue weighted by atomic mass is 10.1. The van der Waals surface area contributed by atoms with Crippen molar-refractivity contribution in [2.45, 2.75) is 18.3 Å². The number of nitro groups is 1. The van der Waals surface area contributed by atoms with Gasteiger partial charge in [0.2, 0.25) is 0 Å². The molecule has 1 fully saturated rings. The van der Waals surface area contributed by atoms with Crippen LogP contribution in [0, 0.1) is 10.1 Å². The van der Waals surface area contributed by atoms with Crippen LogP contribution in [-0.2, 0) is 16.3 Å². The summed E-state index contributed by atoms with van der Waals surface area (Å²) in [4.78, 5) is 10.2. The van der Waals surface area contributed by atoms with Crippen molar-refractivity contribution in [1.82, 2.24) is 0 Å². The van der Waals surface area contributed by atoms with Gasteiger partial charge >= 0.3 is 0 Å². The zero-order valence-electron chi connectivity index (χ0n) is 12.2. The topological polar surface area (TPSA) is 61.6 Å². The van der Waals surface area contributed by atoms with E-state index < -0.39 is 10.6 Å². The van der Waals surface area contributed by atoms with Crippen molar-refractivity contribution in [2.24, 2.45) is 0 Å². The van der Waals surface area contributed by atoms with Gasteiger partial charge in [-0.3, -0.25) is 10.1 Å². The van der Waals surface area contributed by atoms with Crippen LogP contribution in [0.1, 0.15) is 18.6 Å². The maximum atomic E-state index is 10.7. The lowest BCUT2D eigenvalue weighted by Gasteiger charge is -2.17. The molecule has 0 N–H and O–H groups in total. The Morgan fingerprint density at radius 3 is 2.48 bits per heavy atom. The van der Waals surface area contributed by atoms with Crippen molar-refractivity contribution in [1.29, 1.82) is 0 Å². The minimum Gasteiger partial charge on any atom is -0.436 e. The zero-order valence-corrected chi connectivity index (χ0v) is 14.7. The summed E-state index contributed by atoms with van der Waals surface area (Å²) in [6.07, 6.45) is -0.106. The van der Waals surface area contributed by atoms with E-state index in [4.69, 9.17) is 20.9 Å². The first kappa shape index (κ1) is 16.5. The van der Waals surface area contributed by atoms with Crippen molar-refractivity contribution in [2.75, 3.05) is 0 Å². The van der Waals surface area contributed by atoms with Crippen molar-refractivity contribution < 1.29 is 14.0 Å². The zero-order chi connectivity index (χ0) is 16.4. The van der Waals surface area contributed by atoms with Gasteiger partial charge in [-0.25, -0.2) is 0 Å². The van der Waals surface area contributed by atoms with E-state index in [0.717, 1.165) is 5.56 Å². The molecule has 1 aliphatic rings. The molecule has 2 aromatic carbocycles. The normalized spacial score (nSPS) is 26.8. The molecule has 0 bridgehead atoms. The number of nitro benzene ring substituents is 1. The Balaban J connectivity index is 1.75. The summed E-state index contributed by atoms with van der Waals surface area (Å²) < 4.78 is 11.9. The number of non-ortho nitro benzene ring substituents is 1. The fourth-order valence-electron chi connectivity index (χ4n) is 2.28. The first-order valence-corrected chi connectivity index (χ1v) is 11.0. The Labute approximate surface area is 143 Å². The van der Waals surface area contributed by atoms with Crippen molar-refractivity contribution in [3.8, 4) is 5.75 Å². The van der Waals surface area contributed by atoms with Gasteiger partial charge in [0, 0.05) is 17.4 Å². The van der Waals surface area contributed by atoms with Crippen LogP contribution in [0.4, 0.5) is 5.69 Å². The average Bonchev–Trinajstić information content (AvgIpc) is 2.83. The third kappa shape index (κ3) is 3.75. The minimum absolute atomic E-state index is 0.0182. The molecular weight excluding hydrogens is 353 g/mol. The van der Waals surface area contributed by atoms with Crippen LogP contribution in [0.2, 0.25) is 0 Å². The fourth-order valence-corrected chi connectivity index (χ4v) is 8.32. The van der Waals surface area contributed by atoms with Crippen LogP contribution >= 0.6 is 17.1 Å². The molecule has 3 atom stereocenters. The number of hydrogen-bond acceptors (Lipinski definition) is 6. The van der Waals surface area contributed by atoms with E-state index in [1.165, 1.54) is 23.5 Å². The largest absolute Gasteiger partial charge is 0.436 e. The first-order chi connectivity index (χ1) is 11.0. The molecule has 0 saturated carbocycles. The van der Waals surface area contributed by atoms with E-state index in [-0.39, 0.29) is 17.0 Å². The van der Waals surface area contributed by atoms with E-state index in [2.05, 4.69) is 6.92 Å². The highest BCUT2D eigenvalue weighted by molar-refractivity contribution is 8.68. The quantitative estimate of drug-likeness (QED) is 0.426. The number of nitrogens with zero attached hydrogens (tertiary/aromatic N) is 1. The summed E-state index contributed by atoms with van der Waals surface area (Å²) in [7, 11) is 0. The molecule has 1 unspecified atom stereocenters. The molecular formula is C15H14NO4PS2. The molecule has 1 aliphatic heterocycles. The van der Waals surface area contributed by atoms with Crippen LogP contribution in [0.5, 0.6) is 5.75 Å². The Morgan fingerprint density at radius 1 is 1.22 bits per heavy atom. The third-order valence-corrected chi connectivity index (χ3v) is 8.63. The molecule has 120 valence electrons. The van der Waals surface area contributed by atoms with Crippen LogP contribution in [0.3, 0.4) is 0 Å². The molecule has 23 heavy (non-hydrogen) atoms. The minimum atomic E-state index is -2.53. The van der Waals surface area contributed by atoms with Gasteiger partial charge in [-0.1, -0.05) is 41.7 Å². The number of rotatable bonds is 4. The molecule has 8 heteroatoms. The molecule has 0 radical (unpaired) electrons. The fraction of sp³-hybridized carbons (Fsp3) is 0.200. The van der Waals surface area contributed by atoms with Gasteiger partial charge in [-0.15, -0.1) is 0 Å². The predicted molar refractivity (Wildman–Crippen MR) is 95.3 cm³/mol. The second-order valence-electron chi connectivity index (χ2n) is 5.04. The summed E-state index contributed by atoms with van der Waals surface area (Å²) in [6.45, 7) is 2.07. The molecule has 0 spiro atoms. The Kier molecular flexibility index (Phi) is 4.73. The van der Waals surface area contributed by atoms with Gasteiger partial charge in [0.05, 0.1) is 4.92 Å². The molecule has 5 nitrogen and oxygen atoms in total. The second-order valence-corrected chi connectivity index (χ2v) is 11.5. The maximum Gasteiger partial charge on any atom is 0.298 e. The van der Waals surface area contributed by atoms with Crippen LogP contribution < -0.4 is 4.52 Å².